The molecule has 0 radical (unpaired) electrons. The molecular formula is C91H96F4N22O12. The highest BCUT2D eigenvalue weighted by molar-refractivity contribution is 6.27. The zero-order valence-corrected chi connectivity index (χ0v) is 70.6. The number of ether oxygens (including phenoxy) is 2. The Hall–Kier alpha value is -13.2. The van der Waals surface area contributed by atoms with E-state index in [1.165, 1.54) is 33.8 Å². The normalized spacial score (nSPS) is 23.0. The molecule has 4 bridgehead atoms. The van der Waals surface area contributed by atoms with Crippen LogP contribution in [-0.4, -0.2) is 218 Å². The summed E-state index contributed by atoms with van der Waals surface area (Å²) in [6.45, 7) is 6.88. The molecule has 7 N–H and O–H groups in total. The molecule has 0 spiro atoms. The number of carbonyl (C=O) groups excluding carboxylic acids is 10. The fraction of sp³-hybridized carbons (Fsp3) is 0.429. The highest BCUT2D eigenvalue weighted by Crippen LogP contribution is 2.41. The second kappa shape index (κ2) is 36.1. The minimum absolute atomic E-state index is 0.0210. The number of fused-ring (bicyclic) bond motifs is 8. The molecule has 2 saturated carbocycles. The lowest BCUT2D eigenvalue weighted by molar-refractivity contribution is -0.137. The summed E-state index contributed by atoms with van der Waals surface area (Å²) in [4.78, 5) is 147. The molecule has 8 aliphatic heterocycles. The van der Waals surface area contributed by atoms with Gasteiger partial charge >= 0.3 is 0 Å². The molecule has 4 aromatic carbocycles. The lowest BCUT2D eigenvalue weighted by atomic mass is 9.85. The predicted octanol–water partition coefficient (Wildman–Crippen LogP) is 9.68. The van der Waals surface area contributed by atoms with Gasteiger partial charge in [-0.3, -0.25) is 77.7 Å². The van der Waals surface area contributed by atoms with Crippen LogP contribution in [0.1, 0.15) is 211 Å². The van der Waals surface area contributed by atoms with E-state index in [-0.39, 0.29) is 107 Å². The van der Waals surface area contributed by atoms with Crippen molar-refractivity contribution in [2.75, 3.05) is 90.6 Å². The molecule has 10 aromatic rings. The molecular weight excluding hydrogens is 1670 g/mol. The first-order chi connectivity index (χ1) is 62.5. The summed E-state index contributed by atoms with van der Waals surface area (Å²) in [6.07, 6.45) is 14.2. The Labute approximate surface area is 736 Å². The van der Waals surface area contributed by atoms with Gasteiger partial charge in [-0.05, 0) is 174 Å². The van der Waals surface area contributed by atoms with Crippen LogP contribution in [0.4, 0.5) is 51.9 Å². The molecule has 6 saturated heterocycles. The van der Waals surface area contributed by atoms with Gasteiger partial charge in [-0.2, -0.15) is 20.4 Å². The van der Waals surface area contributed by atoms with Crippen LogP contribution in [0.2, 0.25) is 0 Å². The average molecular weight is 1770 g/mol. The largest absolute Gasteiger partial charge is 0.384 e. The van der Waals surface area contributed by atoms with Crippen LogP contribution in [0.25, 0.3) is 11.3 Å². The van der Waals surface area contributed by atoms with Crippen molar-refractivity contribution in [3.63, 3.8) is 0 Å². The third kappa shape index (κ3) is 17.5. The third-order valence-electron chi connectivity index (χ3n) is 26.6. The zero-order chi connectivity index (χ0) is 89.0. The van der Waals surface area contributed by atoms with Crippen molar-refractivity contribution in [2.24, 2.45) is 11.8 Å². The fourth-order valence-electron chi connectivity index (χ4n) is 19.9. The van der Waals surface area contributed by atoms with E-state index >= 15 is 0 Å². The monoisotopic (exact) mass is 1760 g/mol. The van der Waals surface area contributed by atoms with E-state index in [0.29, 0.717) is 80.2 Å². The fourth-order valence-corrected chi connectivity index (χ4v) is 19.9. The number of aromatic nitrogens is 10. The number of anilines is 6. The van der Waals surface area contributed by atoms with Crippen LogP contribution >= 0.6 is 0 Å². The van der Waals surface area contributed by atoms with Crippen molar-refractivity contribution >= 4 is 105 Å². The molecule has 2 aliphatic carbocycles. The van der Waals surface area contributed by atoms with Crippen LogP contribution in [0, 0.1) is 11.8 Å². The molecule has 8 fully saturated rings. The Balaban J connectivity index is 0.000000168. The molecule has 38 heteroatoms. The summed E-state index contributed by atoms with van der Waals surface area (Å²) in [5.74, 6) is -3.16. The first-order valence-corrected chi connectivity index (χ1v) is 44.1. The van der Waals surface area contributed by atoms with Gasteiger partial charge in [0.1, 0.15) is 34.8 Å². The van der Waals surface area contributed by atoms with Gasteiger partial charge in [-0.25, -0.2) is 36.6 Å². The van der Waals surface area contributed by atoms with E-state index in [1.54, 1.807) is 58.2 Å². The summed E-state index contributed by atoms with van der Waals surface area (Å²) in [5, 5.41) is 37.1. The highest BCUT2D eigenvalue weighted by Gasteiger charge is 2.49. The zero-order valence-electron chi connectivity index (χ0n) is 70.6. The van der Waals surface area contributed by atoms with Crippen molar-refractivity contribution in [1.29, 1.82) is 0 Å². The number of hydrogen-bond acceptors (Lipinski definition) is 24. The van der Waals surface area contributed by atoms with E-state index in [4.69, 9.17) is 19.4 Å². The summed E-state index contributed by atoms with van der Waals surface area (Å²) in [5.41, 5.74) is 6.53. The molecule has 20 rings (SSSR count). The maximum Gasteiger partial charge on any atom is 0.284 e. The van der Waals surface area contributed by atoms with E-state index < -0.39 is 95.4 Å². The van der Waals surface area contributed by atoms with Gasteiger partial charge in [0.2, 0.25) is 23.6 Å². The molecule has 2 unspecified atom stereocenters. The number of imide groups is 4. The van der Waals surface area contributed by atoms with E-state index in [0.717, 1.165) is 141 Å². The number of rotatable bonds is 28. The number of nitrogens with zero attached hydrogens (tertiary/aromatic N) is 15. The van der Waals surface area contributed by atoms with Crippen molar-refractivity contribution < 1.29 is 75.0 Å². The third-order valence-corrected chi connectivity index (χ3v) is 26.6. The first kappa shape index (κ1) is 85.2. The Kier molecular flexibility index (Phi) is 23.9. The Morgan fingerprint density at radius 1 is 0.512 bits per heavy atom. The lowest BCUT2D eigenvalue weighted by Gasteiger charge is -2.31. The molecule has 670 valence electrons. The number of piperidine rings is 2. The van der Waals surface area contributed by atoms with Crippen molar-refractivity contribution in [2.45, 2.75) is 177 Å². The lowest BCUT2D eigenvalue weighted by Crippen LogP contribution is -2.54. The number of amides is 10. The number of morpholine rings is 2. The SMILES string of the molecule is CN(Cc1ccc(CCNc2cccc3c2C(=O)N(C2CCC(=O)NC2=O)C3=O)cc1)CC1CCC(n2cc(NC(=O)c3cnn4ccc(N5C[C@H]6C[C@@H]5CO6)nc34)c(C(F)F)n2)CC1.O=C1CCC(N2C(=O)c3cccc(NCCc4ccc(CNCC5CCC(n6cc(NC(=O)c7cnn8ccc(N9C[C@H]%10C[C@@H]9CO%10)nc78)c(C(F)F)n6)CC5)cc4)c3C2=O)C(=O)N1. The predicted molar refractivity (Wildman–Crippen MR) is 461 cm³/mol. The Morgan fingerprint density at radius 2 is 0.953 bits per heavy atom. The van der Waals surface area contributed by atoms with Crippen LogP contribution in [0.5, 0.6) is 0 Å². The second-order valence-electron chi connectivity index (χ2n) is 35.1. The Morgan fingerprint density at radius 3 is 1.38 bits per heavy atom. The standard InChI is InChI=1S/C46H49F2N11O6.C45H47F2N11O6/c1-55(21-27-7-5-26(6-8-27)15-17-49-34-4-2-3-32-39(34)46(64)59(45(32)63)36-13-14-38(60)53-44(36)62)22-28-9-11-29(12-10-28)58-24-35(40(54-58)41(47)48)51-43(61)33-20-50-57-18-16-37(52-42(33)57)56-23-31-19-30(56)25-65-31;46-40(47)39-34(51-42(60)32-21-50-56-17-15-36(52-41(32)56)55-22-30-18-29(55)24-64-30)23-57(54-39)28-10-8-27(9-11-28)20-48-19-26-6-4-25(5-7-26)14-16-49-33-3-1-2-31-38(33)45(63)58(44(31)62)35-12-13-37(59)53-43(35)61/h2-8,16,18,20,24,28-31,36,41,49H,9-15,17,19,21-23,25H2,1H3,(H,51,61)(H,53,60,62);1-7,15,17,21,23,27-30,35,40,48-49H,8-14,16,18-20,22,24H2,(H,51,60)(H,53,59,61)/t28?,29?,30-,31-,36?;27?,28?,29-,30-,35?/m11/s1. The number of halogens is 4. The van der Waals surface area contributed by atoms with Gasteiger partial charge in [0.25, 0.3) is 48.3 Å². The Bertz CT molecular complexity index is 6040. The average Bonchev–Trinajstić information content (AvgIpc) is 1.61. The number of hydrogen-bond donors (Lipinski definition) is 7. The van der Waals surface area contributed by atoms with Gasteiger partial charge in [-0.15, -0.1) is 0 Å². The van der Waals surface area contributed by atoms with E-state index in [9.17, 15) is 65.5 Å². The van der Waals surface area contributed by atoms with E-state index in [2.05, 4.69) is 128 Å². The van der Waals surface area contributed by atoms with Crippen molar-refractivity contribution in [3.8, 4) is 0 Å². The summed E-state index contributed by atoms with van der Waals surface area (Å²) in [7, 11) is 2.10. The molecule has 10 aliphatic rings. The maximum absolute atomic E-state index is 14.3. The topological polar surface area (TPSA) is 386 Å². The van der Waals surface area contributed by atoms with Crippen molar-refractivity contribution in [3.05, 3.63) is 201 Å². The molecule has 6 aromatic heterocycles. The molecule has 34 nitrogen and oxygen atoms in total. The molecule has 14 heterocycles. The van der Waals surface area contributed by atoms with Gasteiger partial charge in [-0.1, -0.05) is 60.7 Å². The molecule has 129 heavy (non-hydrogen) atoms. The van der Waals surface area contributed by atoms with Crippen molar-refractivity contribution in [1.82, 2.24) is 79.4 Å². The van der Waals surface area contributed by atoms with Crippen LogP contribution in [0.15, 0.2) is 134 Å². The molecule has 6 atom stereocenters. The quantitative estimate of drug-likeness (QED) is 0.0177. The van der Waals surface area contributed by atoms with Gasteiger partial charge in [0.15, 0.2) is 22.7 Å². The number of nitrogens with one attached hydrogen (secondary N) is 7. The van der Waals surface area contributed by atoms with Gasteiger partial charge in [0, 0.05) is 94.8 Å². The second-order valence-corrected chi connectivity index (χ2v) is 35.1. The summed E-state index contributed by atoms with van der Waals surface area (Å²) >= 11 is 0. The first-order valence-electron chi connectivity index (χ1n) is 44.1. The molecule has 10 amide bonds. The summed E-state index contributed by atoms with van der Waals surface area (Å²) < 4.78 is 74.7. The van der Waals surface area contributed by atoms with Gasteiger partial charge in [0.05, 0.1) is 95.6 Å². The van der Waals surface area contributed by atoms with Crippen LogP contribution < -0.4 is 47.0 Å². The van der Waals surface area contributed by atoms with Gasteiger partial charge < -0.3 is 50.8 Å². The summed E-state index contributed by atoms with van der Waals surface area (Å²) in [6, 6.07) is 28.7. The minimum atomic E-state index is -2.87. The van der Waals surface area contributed by atoms with Crippen LogP contribution in [-0.2, 0) is 54.6 Å². The highest BCUT2D eigenvalue weighted by atomic mass is 19.3. The number of carbonyl (C=O) groups is 10. The van der Waals surface area contributed by atoms with E-state index in [1.807, 2.05) is 12.1 Å². The smallest absolute Gasteiger partial charge is 0.284 e. The number of benzene rings is 4. The minimum Gasteiger partial charge on any atom is -0.384 e. The maximum atomic E-state index is 14.3. The van der Waals surface area contributed by atoms with Crippen LogP contribution in [0.3, 0.4) is 0 Å². The number of alkyl halides is 4.